The first kappa shape index (κ1) is 37.4. The molecule has 2 aliphatic rings. The number of H-pyrrole nitrogens is 2. The fraction of sp³-hybridized carbons (Fsp3) is 0.175. The Balaban J connectivity index is 0.000000174. The molecule has 2 aromatic heterocycles. The summed E-state index contributed by atoms with van der Waals surface area (Å²) in [5.41, 5.74) is 13.7. The summed E-state index contributed by atoms with van der Waals surface area (Å²) in [6.45, 7) is 2.84. The molecule has 0 radical (unpaired) electrons. The molecule has 11 nitrogen and oxygen atoms in total. The summed E-state index contributed by atoms with van der Waals surface area (Å²) < 4.78 is 26.9. The number of carbonyl (C=O) groups is 1. The van der Waals surface area contributed by atoms with Crippen molar-refractivity contribution >= 4 is 17.4 Å². The van der Waals surface area contributed by atoms with E-state index in [4.69, 9.17) is 16.3 Å². The molecule has 0 aliphatic carbocycles. The van der Waals surface area contributed by atoms with Gasteiger partial charge < -0.3 is 21.3 Å². The number of aromatic amines is 2. The Kier molecular flexibility index (Phi) is 12.3. The van der Waals surface area contributed by atoms with Crippen LogP contribution in [0.3, 0.4) is 0 Å². The third-order valence-corrected chi connectivity index (χ3v) is 8.63. The highest BCUT2D eigenvalue weighted by molar-refractivity contribution is 5.90. The lowest BCUT2D eigenvalue weighted by Crippen LogP contribution is -2.39. The Morgan fingerprint density at radius 2 is 1.32 bits per heavy atom. The summed E-state index contributed by atoms with van der Waals surface area (Å²) in [6.07, 6.45) is 1.69. The maximum absolute atomic E-state index is 14.2. The number of hydrogen-bond donors (Lipinski definition) is 5. The highest BCUT2D eigenvalue weighted by Gasteiger charge is 2.26. The number of rotatable bonds is 3. The summed E-state index contributed by atoms with van der Waals surface area (Å²) in [6, 6.07) is 31.8. The van der Waals surface area contributed by atoms with Gasteiger partial charge >= 0.3 is 6.03 Å². The number of nitriles is 2. The summed E-state index contributed by atoms with van der Waals surface area (Å²) in [5.74, 6) is -1.36. The van der Waals surface area contributed by atoms with Gasteiger partial charge in [-0.3, -0.25) is 10.2 Å². The molecule has 0 saturated carbocycles. The number of hydrogen-bond acceptors (Lipinski definition) is 7. The summed E-state index contributed by atoms with van der Waals surface area (Å²) in [7, 11) is 0. The van der Waals surface area contributed by atoms with E-state index in [0.29, 0.717) is 19.5 Å². The molecule has 2 amide bonds. The van der Waals surface area contributed by atoms with Crippen molar-refractivity contribution in [3.63, 3.8) is 0 Å². The SMILES string of the molecule is C.N#Cc1cccc(N)c1F.N#Cc1cccc(NC(=O)N2CCc3[nH]nc(-c4ccccc4)c3C2)c1F.c1ccc(-c2n[nH]c3c2CNCC3)cc1. The molecule has 4 heterocycles. The number of nitrogens with one attached hydrogen (secondary N) is 4. The molecule has 6 N–H and O–H groups in total. The lowest BCUT2D eigenvalue weighted by Gasteiger charge is -2.27. The number of carbonyl (C=O) groups excluding carboxylic acids is 1. The second-order valence-electron chi connectivity index (χ2n) is 11.9. The van der Waals surface area contributed by atoms with Gasteiger partial charge in [-0.25, -0.2) is 13.6 Å². The Bertz CT molecular complexity index is 2260. The first-order valence-corrected chi connectivity index (χ1v) is 16.5. The Morgan fingerprint density at radius 3 is 1.92 bits per heavy atom. The molecule has 0 spiro atoms. The molecule has 53 heavy (non-hydrogen) atoms. The first-order chi connectivity index (χ1) is 25.4. The number of nitrogens with two attached hydrogens (primary N) is 1. The number of nitrogen functional groups attached to an aromatic ring is 1. The van der Waals surface area contributed by atoms with Crippen molar-refractivity contribution in [3.8, 4) is 34.7 Å². The molecule has 0 unspecified atom stereocenters. The second-order valence-corrected chi connectivity index (χ2v) is 11.9. The van der Waals surface area contributed by atoms with Gasteiger partial charge in [0.15, 0.2) is 11.6 Å². The predicted molar refractivity (Wildman–Crippen MR) is 200 cm³/mol. The number of aromatic nitrogens is 4. The van der Waals surface area contributed by atoms with Gasteiger partial charge in [-0.05, 0) is 24.3 Å². The van der Waals surface area contributed by atoms with E-state index < -0.39 is 17.7 Å². The summed E-state index contributed by atoms with van der Waals surface area (Å²) in [4.78, 5) is 14.2. The number of anilines is 2. The fourth-order valence-electron chi connectivity index (χ4n) is 5.91. The molecule has 4 aromatic carbocycles. The third-order valence-electron chi connectivity index (χ3n) is 8.63. The smallest absolute Gasteiger partial charge is 0.322 e. The van der Waals surface area contributed by atoms with Gasteiger partial charge in [0.25, 0.3) is 0 Å². The lowest BCUT2D eigenvalue weighted by atomic mass is 10.0. The number of amides is 2. The van der Waals surface area contributed by atoms with Crippen molar-refractivity contribution in [2.75, 3.05) is 24.1 Å². The number of halogens is 2. The van der Waals surface area contributed by atoms with Crippen molar-refractivity contribution in [3.05, 3.63) is 142 Å². The van der Waals surface area contributed by atoms with Gasteiger partial charge in [-0.2, -0.15) is 20.7 Å². The molecule has 0 fully saturated rings. The zero-order valence-electron chi connectivity index (χ0n) is 28.0. The molecule has 0 bridgehead atoms. The van der Waals surface area contributed by atoms with E-state index >= 15 is 0 Å². The zero-order chi connectivity index (χ0) is 36.5. The normalized spacial score (nSPS) is 12.5. The van der Waals surface area contributed by atoms with Crippen molar-refractivity contribution in [2.45, 2.75) is 33.4 Å². The fourth-order valence-corrected chi connectivity index (χ4v) is 5.91. The maximum Gasteiger partial charge on any atom is 0.322 e. The minimum absolute atomic E-state index is 0. The predicted octanol–water partition coefficient (Wildman–Crippen LogP) is 7.32. The van der Waals surface area contributed by atoms with Crippen LogP contribution in [0.25, 0.3) is 22.5 Å². The van der Waals surface area contributed by atoms with Gasteiger partial charge in [0.1, 0.15) is 12.1 Å². The second kappa shape index (κ2) is 17.4. The van der Waals surface area contributed by atoms with Crippen molar-refractivity contribution in [1.82, 2.24) is 30.6 Å². The first-order valence-electron chi connectivity index (χ1n) is 16.5. The molecule has 8 rings (SSSR count). The van der Waals surface area contributed by atoms with Crippen LogP contribution < -0.4 is 16.4 Å². The number of nitrogens with zero attached hydrogens (tertiary/aromatic N) is 5. The van der Waals surface area contributed by atoms with E-state index in [-0.39, 0.29) is 29.9 Å². The van der Waals surface area contributed by atoms with Crippen LogP contribution in [0.4, 0.5) is 25.0 Å². The number of benzene rings is 4. The van der Waals surface area contributed by atoms with E-state index in [1.807, 2.05) is 48.5 Å². The topological polar surface area (TPSA) is 175 Å². The molecule has 6 aromatic rings. The molecule has 268 valence electrons. The molecule has 2 aliphatic heterocycles. The zero-order valence-corrected chi connectivity index (χ0v) is 28.0. The van der Waals surface area contributed by atoms with E-state index in [9.17, 15) is 13.6 Å². The van der Waals surface area contributed by atoms with Crippen LogP contribution in [0.15, 0.2) is 97.1 Å². The third kappa shape index (κ3) is 8.56. The van der Waals surface area contributed by atoms with E-state index in [2.05, 4.69) is 43.2 Å². The van der Waals surface area contributed by atoms with Crippen LogP contribution in [-0.4, -0.2) is 44.4 Å². The molecule has 0 atom stereocenters. The van der Waals surface area contributed by atoms with Gasteiger partial charge in [0.2, 0.25) is 0 Å². The van der Waals surface area contributed by atoms with Crippen molar-refractivity contribution in [2.24, 2.45) is 0 Å². The lowest BCUT2D eigenvalue weighted by molar-refractivity contribution is 0.206. The van der Waals surface area contributed by atoms with Crippen LogP contribution >= 0.6 is 0 Å². The maximum atomic E-state index is 14.2. The van der Waals surface area contributed by atoms with Crippen LogP contribution in [-0.2, 0) is 25.9 Å². The highest BCUT2D eigenvalue weighted by Crippen LogP contribution is 2.29. The molecular weight excluding hydrogens is 675 g/mol. The van der Waals surface area contributed by atoms with E-state index in [0.717, 1.165) is 47.7 Å². The average Bonchev–Trinajstić information content (AvgIpc) is 3.83. The van der Waals surface area contributed by atoms with E-state index in [1.54, 1.807) is 17.0 Å². The van der Waals surface area contributed by atoms with Crippen LogP contribution in [0.2, 0.25) is 0 Å². The van der Waals surface area contributed by atoms with Gasteiger partial charge in [0, 0.05) is 66.1 Å². The molecule has 13 heteroatoms. The van der Waals surface area contributed by atoms with Crippen LogP contribution in [0.1, 0.15) is 41.1 Å². The van der Waals surface area contributed by atoms with Crippen LogP contribution in [0.5, 0.6) is 0 Å². The molecule has 0 saturated heterocycles. The van der Waals surface area contributed by atoms with Gasteiger partial charge in [0.05, 0.1) is 40.4 Å². The van der Waals surface area contributed by atoms with Crippen LogP contribution in [0, 0.1) is 34.3 Å². The highest BCUT2D eigenvalue weighted by atomic mass is 19.1. The minimum Gasteiger partial charge on any atom is -0.396 e. The Labute approximate surface area is 306 Å². The summed E-state index contributed by atoms with van der Waals surface area (Å²) in [5, 5.41) is 38.2. The van der Waals surface area contributed by atoms with Crippen molar-refractivity contribution in [1.29, 1.82) is 10.5 Å². The average molecular weight is 713 g/mol. The Hall–Kier alpha value is -6.83. The minimum atomic E-state index is -0.723. The number of fused-ring (bicyclic) bond motifs is 2. The number of urea groups is 1. The largest absolute Gasteiger partial charge is 0.396 e. The van der Waals surface area contributed by atoms with Gasteiger partial charge in [-0.1, -0.05) is 80.2 Å². The van der Waals surface area contributed by atoms with Crippen molar-refractivity contribution < 1.29 is 13.6 Å². The molecular formula is C40H38F2N10O. The summed E-state index contributed by atoms with van der Waals surface area (Å²) >= 11 is 0. The monoisotopic (exact) mass is 712 g/mol. The Morgan fingerprint density at radius 1 is 0.755 bits per heavy atom. The quantitative estimate of drug-likeness (QED) is 0.120. The standard InChI is InChI=1S/C20H16FN5O.C12H13N3.C7H5FN2.CH4/c21-18-14(11-22)7-4-8-17(18)23-20(27)26-10-9-16-15(12-26)19(25-24-16)13-5-2-1-3-6-13;1-2-4-9(5-3-1)12-10-8-13-7-6-11(10)14-15-12;8-7-5(4-9)2-1-3-6(7)10;/h1-8H,9-10,12H2,(H,23,27)(H,24,25);1-5,13H,6-8H2,(H,14,15);1-3H,10H2;1H4. The van der Waals surface area contributed by atoms with Gasteiger partial charge in [-0.15, -0.1) is 0 Å². The van der Waals surface area contributed by atoms with E-state index in [1.165, 1.54) is 53.2 Å².